The highest BCUT2D eigenvalue weighted by atomic mass is 16.5. The summed E-state index contributed by atoms with van der Waals surface area (Å²) in [6, 6.07) is 20.2. The molecule has 27 heavy (non-hydrogen) atoms. The third kappa shape index (κ3) is 3.98. The zero-order chi connectivity index (χ0) is 19.4. The van der Waals surface area contributed by atoms with Crippen molar-refractivity contribution in [2.24, 2.45) is 0 Å². The van der Waals surface area contributed by atoms with Crippen LogP contribution in [0.1, 0.15) is 17.5 Å². The van der Waals surface area contributed by atoms with Crippen LogP contribution in [0.25, 0.3) is 16.3 Å². The molecule has 5 heteroatoms. The van der Waals surface area contributed by atoms with E-state index in [1.807, 2.05) is 42.5 Å². The number of aliphatic carboxylic acids is 2. The molecular weight excluding hydrogens is 344 g/mol. The Hall–Kier alpha value is -3.60. The van der Waals surface area contributed by atoms with Gasteiger partial charge in [0.15, 0.2) is 0 Å². The first-order valence-corrected chi connectivity index (χ1v) is 8.31. The van der Waals surface area contributed by atoms with Crippen LogP contribution < -0.4 is 4.74 Å². The molecule has 0 aromatic heterocycles. The Balaban J connectivity index is 2.26. The van der Waals surface area contributed by atoms with Crippen LogP contribution in [0.3, 0.4) is 0 Å². The van der Waals surface area contributed by atoms with Crippen molar-refractivity contribution in [1.29, 1.82) is 0 Å². The summed E-state index contributed by atoms with van der Waals surface area (Å²) in [6.45, 7) is 0. The standard InChI is InChI=1S/C22H18O5/c1-27-18-10-8-15(9-11-18)21(19(22(25)26)13-20(23)24)17-7-6-14-4-2-3-5-16(14)12-17/h2-12H,13H2,1H3,(H,23,24)(H,25,26). The van der Waals surface area contributed by atoms with Crippen molar-refractivity contribution >= 4 is 28.3 Å². The molecule has 0 fully saturated rings. The van der Waals surface area contributed by atoms with Crippen molar-refractivity contribution in [3.63, 3.8) is 0 Å². The summed E-state index contributed by atoms with van der Waals surface area (Å²) in [5.41, 5.74) is 1.49. The van der Waals surface area contributed by atoms with Crippen molar-refractivity contribution in [1.82, 2.24) is 0 Å². The molecule has 3 aromatic rings. The third-order valence-corrected chi connectivity index (χ3v) is 4.30. The first-order valence-electron chi connectivity index (χ1n) is 8.31. The summed E-state index contributed by atoms with van der Waals surface area (Å²) in [6.07, 6.45) is -0.580. The lowest BCUT2D eigenvalue weighted by molar-refractivity contribution is -0.139. The number of benzene rings is 3. The van der Waals surface area contributed by atoms with Crippen LogP contribution in [0.15, 0.2) is 72.3 Å². The molecule has 0 amide bonds. The van der Waals surface area contributed by atoms with Crippen LogP contribution in [0, 0.1) is 0 Å². The summed E-state index contributed by atoms with van der Waals surface area (Å²) in [5, 5.41) is 20.9. The summed E-state index contributed by atoms with van der Waals surface area (Å²) in [5.74, 6) is -1.82. The molecule has 0 unspecified atom stereocenters. The molecule has 0 aliphatic rings. The monoisotopic (exact) mass is 362 g/mol. The number of methoxy groups -OCH3 is 1. The van der Waals surface area contributed by atoms with E-state index in [1.165, 1.54) is 0 Å². The lowest BCUT2D eigenvalue weighted by atomic mass is 9.90. The quantitative estimate of drug-likeness (QED) is 0.642. The van der Waals surface area contributed by atoms with Gasteiger partial charge in [-0.3, -0.25) is 4.79 Å². The molecule has 2 N–H and O–H groups in total. The molecule has 0 spiro atoms. The molecule has 0 heterocycles. The minimum absolute atomic E-state index is 0.164. The number of hydrogen-bond acceptors (Lipinski definition) is 3. The van der Waals surface area contributed by atoms with Gasteiger partial charge in [-0.2, -0.15) is 0 Å². The van der Waals surface area contributed by atoms with Crippen LogP contribution in [-0.2, 0) is 9.59 Å². The average molecular weight is 362 g/mol. The molecule has 3 aromatic carbocycles. The summed E-state index contributed by atoms with van der Waals surface area (Å²) < 4.78 is 5.16. The summed E-state index contributed by atoms with van der Waals surface area (Å²) >= 11 is 0. The number of fused-ring (bicyclic) bond motifs is 1. The Labute approximate surface area is 156 Å². The molecule has 0 atom stereocenters. The van der Waals surface area contributed by atoms with Crippen LogP contribution in [0.5, 0.6) is 5.75 Å². The Bertz CT molecular complexity index is 1030. The number of ether oxygens (including phenoxy) is 1. The van der Waals surface area contributed by atoms with Gasteiger partial charge in [-0.25, -0.2) is 4.79 Å². The van der Waals surface area contributed by atoms with Crippen molar-refractivity contribution in [3.8, 4) is 5.75 Å². The molecule has 0 aliphatic heterocycles. The second kappa shape index (κ2) is 7.74. The molecule has 5 nitrogen and oxygen atoms in total. The van der Waals surface area contributed by atoms with E-state index in [0.29, 0.717) is 22.4 Å². The lowest BCUT2D eigenvalue weighted by Gasteiger charge is -2.14. The van der Waals surface area contributed by atoms with E-state index in [0.717, 1.165) is 10.8 Å². The minimum Gasteiger partial charge on any atom is -0.497 e. The van der Waals surface area contributed by atoms with E-state index < -0.39 is 18.4 Å². The smallest absolute Gasteiger partial charge is 0.332 e. The maximum absolute atomic E-state index is 11.9. The van der Waals surface area contributed by atoms with Gasteiger partial charge in [0.2, 0.25) is 0 Å². The van der Waals surface area contributed by atoms with Crippen LogP contribution in [0.2, 0.25) is 0 Å². The van der Waals surface area contributed by atoms with Gasteiger partial charge in [0.05, 0.1) is 19.1 Å². The Morgan fingerprint density at radius 3 is 2.07 bits per heavy atom. The van der Waals surface area contributed by atoms with E-state index in [4.69, 9.17) is 4.74 Å². The predicted octanol–water partition coefficient (Wildman–Crippen LogP) is 4.21. The van der Waals surface area contributed by atoms with Crippen molar-refractivity contribution < 1.29 is 24.5 Å². The first kappa shape index (κ1) is 18.2. The zero-order valence-electron chi connectivity index (χ0n) is 14.7. The third-order valence-electron chi connectivity index (χ3n) is 4.30. The highest BCUT2D eigenvalue weighted by Crippen LogP contribution is 2.32. The van der Waals surface area contributed by atoms with Crippen LogP contribution >= 0.6 is 0 Å². The van der Waals surface area contributed by atoms with Crippen molar-refractivity contribution in [2.75, 3.05) is 7.11 Å². The maximum Gasteiger partial charge on any atom is 0.332 e. The Morgan fingerprint density at radius 2 is 1.48 bits per heavy atom. The van der Waals surface area contributed by atoms with Crippen LogP contribution in [0.4, 0.5) is 0 Å². The topological polar surface area (TPSA) is 83.8 Å². The van der Waals surface area contributed by atoms with E-state index in [-0.39, 0.29) is 5.57 Å². The fourth-order valence-corrected chi connectivity index (χ4v) is 3.04. The van der Waals surface area contributed by atoms with Gasteiger partial charge in [0, 0.05) is 0 Å². The largest absolute Gasteiger partial charge is 0.497 e. The predicted molar refractivity (Wildman–Crippen MR) is 103 cm³/mol. The zero-order valence-corrected chi connectivity index (χ0v) is 14.7. The van der Waals surface area contributed by atoms with Gasteiger partial charge < -0.3 is 14.9 Å². The van der Waals surface area contributed by atoms with Crippen molar-refractivity contribution in [3.05, 3.63) is 83.4 Å². The highest BCUT2D eigenvalue weighted by Gasteiger charge is 2.21. The molecule has 0 aliphatic carbocycles. The normalized spacial score (nSPS) is 11.7. The molecule has 0 radical (unpaired) electrons. The second-order valence-electron chi connectivity index (χ2n) is 6.02. The van der Waals surface area contributed by atoms with E-state index in [9.17, 15) is 19.8 Å². The number of hydrogen-bond donors (Lipinski definition) is 2. The molecule has 0 saturated carbocycles. The summed E-state index contributed by atoms with van der Waals surface area (Å²) in [4.78, 5) is 23.1. The minimum atomic E-state index is -1.25. The fourth-order valence-electron chi connectivity index (χ4n) is 3.04. The van der Waals surface area contributed by atoms with Gasteiger partial charge in [-0.05, 0) is 45.7 Å². The molecule has 136 valence electrons. The number of carbonyl (C=O) groups is 2. The Kier molecular flexibility index (Phi) is 5.22. The first-order chi connectivity index (χ1) is 13.0. The highest BCUT2D eigenvalue weighted by molar-refractivity contribution is 6.04. The SMILES string of the molecule is COc1ccc(C(=C(CC(=O)O)C(=O)O)c2ccc3ccccc3c2)cc1. The van der Waals surface area contributed by atoms with E-state index in [2.05, 4.69) is 0 Å². The number of rotatable bonds is 6. The van der Waals surface area contributed by atoms with Gasteiger partial charge in [-0.15, -0.1) is 0 Å². The van der Waals surface area contributed by atoms with E-state index >= 15 is 0 Å². The fraction of sp³-hybridized carbons (Fsp3) is 0.0909. The van der Waals surface area contributed by atoms with Crippen molar-refractivity contribution in [2.45, 2.75) is 6.42 Å². The van der Waals surface area contributed by atoms with Gasteiger partial charge in [-0.1, -0.05) is 48.5 Å². The Morgan fingerprint density at radius 1 is 0.852 bits per heavy atom. The lowest BCUT2D eigenvalue weighted by Crippen LogP contribution is -2.10. The second-order valence-corrected chi connectivity index (χ2v) is 6.02. The van der Waals surface area contributed by atoms with Crippen LogP contribution in [-0.4, -0.2) is 29.3 Å². The average Bonchev–Trinajstić information content (AvgIpc) is 2.67. The molecule has 0 bridgehead atoms. The van der Waals surface area contributed by atoms with Gasteiger partial charge in [0.25, 0.3) is 0 Å². The maximum atomic E-state index is 11.9. The molecule has 0 saturated heterocycles. The number of carboxylic acids is 2. The van der Waals surface area contributed by atoms with Gasteiger partial charge in [0.1, 0.15) is 5.75 Å². The summed E-state index contributed by atoms with van der Waals surface area (Å²) in [7, 11) is 1.54. The van der Waals surface area contributed by atoms with Gasteiger partial charge >= 0.3 is 11.9 Å². The van der Waals surface area contributed by atoms with E-state index in [1.54, 1.807) is 31.4 Å². The molecule has 3 rings (SSSR count). The molecular formula is C22H18O5. The number of carboxylic acid groups (broad SMARTS) is 2.